The molecule has 0 spiro atoms. The predicted octanol–water partition coefficient (Wildman–Crippen LogP) is 4.52. The molecule has 0 aliphatic heterocycles. The monoisotopic (exact) mass is 327 g/mol. The summed E-state index contributed by atoms with van der Waals surface area (Å²) in [5.74, 6) is 0.788. The van der Waals surface area contributed by atoms with Crippen LogP contribution in [0.25, 0.3) is 0 Å². The van der Waals surface area contributed by atoms with Gasteiger partial charge in [-0.05, 0) is 25.1 Å². The van der Waals surface area contributed by atoms with Crippen molar-refractivity contribution in [3.05, 3.63) is 50.5 Å². The van der Waals surface area contributed by atoms with Crippen molar-refractivity contribution in [3.8, 4) is 11.6 Å². The van der Waals surface area contributed by atoms with Crippen molar-refractivity contribution in [2.75, 3.05) is 11.9 Å². The van der Waals surface area contributed by atoms with Gasteiger partial charge in [0.2, 0.25) is 5.88 Å². The molecule has 0 unspecified atom stereocenters. The lowest BCUT2D eigenvalue weighted by Gasteiger charge is -2.08. The number of nitrogens with zero attached hydrogens (tertiary/aromatic N) is 2. The first-order chi connectivity index (χ1) is 9.97. The summed E-state index contributed by atoms with van der Waals surface area (Å²) in [6.07, 6.45) is 0. The van der Waals surface area contributed by atoms with Crippen LogP contribution in [0.5, 0.6) is 11.6 Å². The van der Waals surface area contributed by atoms with Crippen LogP contribution >= 0.6 is 23.2 Å². The normalized spacial score (nSPS) is 10.2. The van der Waals surface area contributed by atoms with Gasteiger partial charge in [-0.15, -0.1) is 0 Å². The smallest absolute Gasteiger partial charge is 0.278 e. The summed E-state index contributed by atoms with van der Waals surface area (Å²) in [6, 6.07) is 7.21. The van der Waals surface area contributed by atoms with Crippen LogP contribution in [0, 0.1) is 10.1 Å². The third kappa shape index (κ3) is 4.21. The van der Waals surface area contributed by atoms with Crippen LogP contribution in [0.2, 0.25) is 10.0 Å². The number of benzene rings is 1. The summed E-state index contributed by atoms with van der Waals surface area (Å²) in [7, 11) is 0. The van der Waals surface area contributed by atoms with Gasteiger partial charge in [0.25, 0.3) is 5.69 Å². The van der Waals surface area contributed by atoms with Gasteiger partial charge in [-0.1, -0.05) is 23.2 Å². The molecule has 0 saturated heterocycles. The summed E-state index contributed by atoms with van der Waals surface area (Å²) in [6.45, 7) is 2.44. The minimum Gasteiger partial charge on any atom is -0.439 e. The predicted molar refractivity (Wildman–Crippen MR) is 81.6 cm³/mol. The molecular formula is C13H11Cl2N3O3. The Balaban J connectivity index is 2.35. The van der Waals surface area contributed by atoms with Crippen molar-refractivity contribution < 1.29 is 9.66 Å². The molecule has 2 aromatic rings. The molecule has 0 aliphatic rings. The Morgan fingerprint density at radius 3 is 2.48 bits per heavy atom. The number of pyridine rings is 1. The molecule has 0 fully saturated rings. The molecule has 8 heteroatoms. The van der Waals surface area contributed by atoms with Crippen LogP contribution in [-0.2, 0) is 0 Å². The van der Waals surface area contributed by atoms with E-state index in [0.29, 0.717) is 28.2 Å². The second-order valence-corrected chi connectivity index (χ2v) is 4.92. The number of halogens is 2. The molecule has 2 rings (SSSR count). The van der Waals surface area contributed by atoms with Gasteiger partial charge in [-0.3, -0.25) is 10.1 Å². The van der Waals surface area contributed by atoms with E-state index in [2.05, 4.69) is 10.3 Å². The van der Waals surface area contributed by atoms with E-state index in [1.165, 1.54) is 12.1 Å². The number of hydrogen-bond acceptors (Lipinski definition) is 5. The van der Waals surface area contributed by atoms with Gasteiger partial charge < -0.3 is 10.1 Å². The van der Waals surface area contributed by atoms with Crippen LogP contribution in [0.3, 0.4) is 0 Å². The fourth-order valence-corrected chi connectivity index (χ4v) is 2.14. The van der Waals surface area contributed by atoms with Crippen LogP contribution in [0.15, 0.2) is 30.3 Å². The minimum atomic E-state index is -0.514. The molecule has 0 bridgehead atoms. The molecule has 1 N–H and O–H groups in total. The lowest BCUT2D eigenvalue weighted by atomic mass is 10.3. The number of hydrogen-bond donors (Lipinski definition) is 1. The van der Waals surface area contributed by atoms with E-state index in [9.17, 15) is 10.1 Å². The maximum Gasteiger partial charge on any atom is 0.278 e. The van der Waals surface area contributed by atoms with Gasteiger partial charge in [0.1, 0.15) is 11.6 Å². The largest absolute Gasteiger partial charge is 0.439 e. The van der Waals surface area contributed by atoms with Crippen molar-refractivity contribution in [2.45, 2.75) is 6.92 Å². The Labute approximate surface area is 130 Å². The van der Waals surface area contributed by atoms with Crippen molar-refractivity contribution in [1.29, 1.82) is 0 Å². The molecule has 21 heavy (non-hydrogen) atoms. The van der Waals surface area contributed by atoms with Gasteiger partial charge in [0.05, 0.1) is 17.1 Å². The highest BCUT2D eigenvalue weighted by atomic mass is 35.5. The number of anilines is 1. The third-order valence-electron chi connectivity index (χ3n) is 2.41. The van der Waals surface area contributed by atoms with E-state index < -0.39 is 4.92 Å². The Morgan fingerprint density at radius 2 is 1.90 bits per heavy atom. The zero-order valence-electron chi connectivity index (χ0n) is 11.0. The molecule has 1 aromatic heterocycles. The molecule has 6 nitrogen and oxygen atoms in total. The Morgan fingerprint density at radius 1 is 1.24 bits per heavy atom. The molecular weight excluding hydrogens is 317 g/mol. The highest BCUT2D eigenvalue weighted by Gasteiger charge is 2.13. The lowest BCUT2D eigenvalue weighted by Crippen LogP contribution is -2.01. The zero-order chi connectivity index (χ0) is 15.4. The van der Waals surface area contributed by atoms with Crippen molar-refractivity contribution >= 4 is 34.7 Å². The van der Waals surface area contributed by atoms with E-state index in [1.54, 1.807) is 18.2 Å². The Kier molecular flexibility index (Phi) is 4.82. The summed E-state index contributed by atoms with van der Waals surface area (Å²) in [5.41, 5.74) is -0.121. The van der Waals surface area contributed by atoms with Gasteiger partial charge >= 0.3 is 0 Å². The number of aromatic nitrogens is 1. The van der Waals surface area contributed by atoms with Crippen molar-refractivity contribution in [3.63, 3.8) is 0 Å². The van der Waals surface area contributed by atoms with Gasteiger partial charge in [0, 0.05) is 16.6 Å². The SMILES string of the molecule is CCNc1cc([N+](=O)[O-])cc(Oc2cc(Cl)cc(Cl)c2)n1. The van der Waals surface area contributed by atoms with Crippen LogP contribution in [-0.4, -0.2) is 16.5 Å². The summed E-state index contributed by atoms with van der Waals surface area (Å²) >= 11 is 11.7. The number of nitro groups is 1. The second-order valence-electron chi connectivity index (χ2n) is 4.04. The highest BCUT2D eigenvalue weighted by molar-refractivity contribution is 6.34. The highest BCUT2D eigenvalue weighted by Crippen LogP contribution is 2.30. The van der Waals surface area contributed by atoms with Crippen LogP contribution < -0.4 is 10.1 Å². The van der Waals surface area contributed by atoms with Crippen molar-refractivity contribution in [2.24, 2.45) is 0 Å². The second kappa shape index (κ2) is 6.60. The first-order valence-corrected chi connectivity index (χ1v) is 6.78. The maximum atomic E-state index is 10.9. The average Bonchev–Trinajstić information content (AvgIpc) is 2.37. The molecule has 0 aliphatic carbocycles. The van der Waals surface area contributed by atoms with Crippen molar-refractivity contribution in [1.82, 2.24) is 4.98 Å². The Bertz CT molecular complexity index is 659. The van der Waals surface area contributed by atoms with Crippen LogP contribution in [0.4, 0.5) is 11.5 Å². The molecule has 110 valence electrons. The number of rotatable bonds is 5. The zero-order valence-corrected chi connectivity index (χ0v) is 12.5. The number of ether oxygens (including phenoxy) is 1. The average molecular weight is 328 g/mol. The van der Waals surface area contributed by atoms with E-state index in [-0.39, 0.29) is 11.6 Å². The molecule has 1 heterocycles. The quantitative estimate of drug-likeness (QED) is 0.645. The molecule has 0 saturated carbocycles. The summed E-state index contributed by atoms with van der Waals surface area (Å²) < 4.78 is 5.49. The number of nitrogens with one attached hydrogen (secondary N) is 1. The van der Waals surface area contributed by atoms with E-state index in [0.717, 1.165) is 0 Å². The fraction of sp³-hybridized carbons (Fsp3) is 0.154. The van der Waals surface area contributed by atoms with Gasteiger partial charge in [-0.25, -0.2) is 0 Å². The van der Waals surface area contributed by atoms with Gasteiger partial charge in [0.15, 0.2) is 0 Å². The molecule has 0 atom stereocenters. The third-order valence-corrected chi connectivity index (χ3v) is 2.85. The topological polar surface area (TPSA) is 77.3 Å². The van der Waals surface area contributed by atoms with E-state index in [4.69, 9.17) is 27.9 Å². The summed E-state index contributed by atoms with van der Waals surface area (Å²) in [4.78, 5) is 14.5. The van der Waals surface area contributed by atoms with Gasteiger partial charge in [-0.2, -0.15) is 4.98 Å². The van der Waals surface area contributed by atoms with E-state index >= 15 is 0 Å². The fourth-order valence-electron chi connectivity index (χ4n) is 1.63. The Hall–Kier alpha value is -2.05. The first-order valence-electron chi connectivity index (χ1n) is 6.02. The first kappa shape index (κ1) is 15.3. The van der Waals surface area contributed by atoms with Crippen LogP contribution in [0.1, 0.15) is 6.92 Å². The molecule has 0 radical (unpaired) electrons. The molecule has 0 amide bonds. The lowest BCUT2D eigenvalue weighted by molar-refractivity contribution is -0.384. The molecule has 1 aromatic carbocycles. The van der Waals surface area contributed by atoms with E-state index in [1.807, 2.05) is 6.92 Å². The summed E-state index contributed by atoms with van der Waals surface area (Å²) in [5, 5.41) is 14.6. The standard InChI is InChI=1S/C13H11Cl2N3O3/c1-2-16-12-6-10(18(19)20)7-13(17-12)21-11-4-8(14)3-9(15)5-11/h3-7H,2H2,1H3,(H,16,17). The maximum absolute atomic E-state index is 10.9. The minimum absolute atomic E-state index is 0.0819.